The number of carbonyl (C=O) groups is 1. The van der Waals surface area contributed by atoms with Crippen molar-refractivity contribution in [3.63, 3.8) is 0 Å². The molecule has 1 heterocycles. The summed E-state index contributed by atoms with van der Waals surface area (Å²) in [6.07, 6.45) is 0. The second kappa shape index (κ2) is 8.85. The van der Waals surface area contributed by atoms with Crippen molar-refractivity contribution in [2.45, 2.75) is 19.9 Å². The van der Waals surface area contributed by atoms with Crippen LogP contribution in [-0.2, 0) is 4.79 Å². The van der Waals surface area contributed by atoms with E-state index in [0.29, 0.717) is 13.1 Å². The van der Waals surface area contributed by atoms with Gasteiger partial charge in [-0.05, 0) is 25.0 Å². The molecule has 1 aliphatic heterocycles. The zero-order valence-electron chi connectivity index (χ0n) is 16.4. The van der Waals surface area contributed by atoms with Crippen LogP contribution in [-0.4, -0.2) is 52.7 Å². The van der Waals surface area contributed by atoms with E-state index < -0.39 is 0 Å². The summed E-state index contributed by atoms with van der Waals surface area (Å²) in [7, 11) is 0. The first-order chi connectivity index (χ1) is 13.5. The molecule has 0 unspecified atom stereocenters. The van der Waals surface area contributed by atoms with E-state index >= 15 is 0 Å². The molecule has 0 amide bonds. The molecular formula is C23H27N3O2. The molecule has 5 nitrogen and oxygen atoms in total. The molecule has 5 heteroatoms. The number of benzene rings is 2. The van der Waals surface area contributed by atoms with Gasteiger partial charge in [0, 0.05) is 26.2 Å². The Labute approximate surface area is 166 Å². The normalized spacial score (nSPS) is 16.0. The van der Waals surface area contributed by atoms with Gasteiger partial charge in [-0.1, -0.05) is 60.7 Å². The molecule has 146 valence electrons. The minimum atomic E-state index is -0.279. The molecule has 0 spiro atoms. The first-order valence-electron chi connectivity index (χ1n) is 9.57. The Balaban J connectivity index is 1.79. The lowest BCUT2D eigenvalue weighted by atomic mass is 9.96. The summed E-state index contributed by atoms with van der Waals surface area (Å²) in [5.41, 5.74) is 2.59. The number of piperazine rings is 1. The fourth-order valence-electron chi connectivity index (χ4n) is 3.84. The molecule has 0 bridgehead atoms. The fourth-order valence-corrected chi connectivity index (χ4v) is 3.84. The predicted molar refractivity (Wildman–Crippen MR) is 112 cm³/mol. The SMILES string of the molecule is CC(=O)/C(C(=N)N1CCN(C(c2ccccc2)c2ccccc2)CC1)=C(/C)O. The Morgan fingerprint density at radius 3 is 1.75 bits per heavy atom. The van der Waals surface area contributed by atoms with E-state index in [2.05, 4.69) is 53.4 Å². The molecule has 28 heavy (non-hydrogen) atoms. The zero-order valence-corrected chi connectivity index (χ0v) is 16.4. The van der Waals surface area contributed by atoms with E-state index in [1.807, 2.05) is 17.0 Å². The lowest BCUT2D eigenvalue weighted by molar-refractivity contribution is -0.113. The van der Waals surface area contributed by atoms with Gasteiger partial charge in [-0.15, -0.1) is 0 Å². The van der Waals surface area contributed by atoms with Gasteiger partial charge in [0.25, 0.3) is 0 Å². The first kappa shape index (κ1) is 19.8. The highest BCUT2D eigenvalue weighted by molar-refractivity contribution is 6.19. The molecule has 0 radical (unpaired) electrons. The molecule has 1 fully saturated rings. The molecular weight excluding hydrogens is 350 g/mol. The van der Waals surface area contributed by atoms with Gasteiger partial charge in [-0.2, -0.15) is 0 Å². The van der Waals surface area contributed by atoms with Gasteiger partial charge in [0.15, 0.2) is 5.78 Å². The quantitative estimate of drug-likeness (QED) is 0.360. The number of hydrogen-bond acceptors (Lipinski definition) is 4. The number of carbonyl (C=O) groups excluding carboxylic acids is 1. The van der Waals surface area contributed by atoms with Crippen molar-refractivity contribution in [1.82, 2.24) is 9.80 Å². The van der Waals surface area contributed by atoms with Crippen LogP contribution in [0.15, 0.2) is 72.0 Å². The number of ketones is 1. The molecule has 1 saturated heterocycles. The summed E-state index contributed by atoms with van der Waals surface area (Å²) in [4.78, 5) is 16.1. The number of nitrogens with zero attached hydrogens (tertiary/aromatic N) is 2. The van der Waals surface area contributed by atoms with Crippen LogP contribution in [0, 0.1) is 5.41 Å². The van der Waals surface area contributed by atoms with Crippen LogP contribution in [0.4, 0.5) is 0 Å². The smallest absolute Gasteiger partial charge is 0.166 e. The van der Waals surface area contributed by atoms with E-state index in [4.69, 9.17) is 5.41 Å². The predicted octanol–water partition coefficient (Wildman–Crippen LogP) is 3.79. The number of aliphatic hydroxyl groups excluding tert-OH is 1. The summed E-state index contributed by atoms with van der Waals surface area (Å²) in [6, 6.07) is 21.0. The monoisotopic (exact) mass is 377 g/mol. The maximum atomic E-state index is 11.8. The molecule has 3 rings (SSSR count). The Morgan fingerprint density at radius 1 is 0.893 bits per heavy atom. The van der Waals surface area contributed by atoms with E-state index in [9.17, 15) is 9.90 Å². The zero-order chi connectivity index (χ0) is 20.1. The molecule has 2 N–H and O–H groups in total. The molecule has 2 aromatic rings. The van der Waals surface area contributed by atoms with Crippen LogP contribution in [0.3, 0.4) is 0 Å². The van der Waals surface area contributed by atoms with Gasteiger partial charge in [0.2, 0.25) is 0 Å². The summed E-state index contributed by atoms with van der Waals surface area (Å²) in [6.45, 7) is 5.67. The highest BCUT2D eigenvalue weighted by Crippen LogP contribution is 2.29. The third kappa shape index (κ3) is 4.31. The second-order valence-electron chi connectivity index (χ2n) is 7.11. The Morgan fingerprint density at radius 2 is 1.36 bits per heavy atom. The van der Waals surface area contributed by atoms with Crippen LogP contribution in [0.1, 0.15) is 31.0 Å². The van der Waals surface area contributed by atoms with Crippen molar-refractivity contribution < 1.29 is 9.90 Å². The van der Waals surface area contributed by atoms with Gasteiger partial charge in [-0.3, -0.25) is 15.1 Å². The molecule has 1 aliphatic rings. The number of rotatable bonds is 5. The van der Waals surface area contributed by atoms with Crippen LogP contribution in [0.2, 0.25) is 0 Å². The Bertz CT molecular complexity index is 810. The third-order valence-electron chi connectivity index (χ3n) is 5.18. The topological polar surface area (TPSA) is 67.6 Å². The highest BCUT2D eigenvalue weighted by atomic mass is 16.3. The molecule has 2 aromatic carbocycles. The summed E-state index contributed by atoms with van der Waals surface area (Å²) in [5, 5.41) is 18.2. The van der Waals surface area contributed by atoms with Crippen LogP contribution >= 0.6 is 0 Å². The van der Waals surface area contributed by atoms with Gasteiger partial charge in [0.1, 0.15) is 11.6 Å². The fraction of sp³-hybridized carbons (Fsp3) is 0.304. The van der Waals surface area contributed by atoms with E-state index in [1.165, 1.54) is 25.0 Å². The van der Waals surface area contributed by atoms with Gasteiger partial charge < -0.3 is 10.0 Å². The Kier molecular flexibility index (Phi) is 6.26. The maximum Gasteiger partial charge on any atom is 0.166 e. The van der Waals surface area contributed by atoms with Crippen molar-refractivity contribution >= 4 is 11.6 Å². The molecule has 0 aromatic heterocycles. The van der Waals surface area contributed by atoms with Crippen LogP contribution in [0.5, 0.6) is 0 Å². The van der Waals surface area contributed by atoms with Gasteiger partial charge >= 0.3 is 0 Å². The van der Waals surface area contributed by atoms with Crippen molar-refractivity contribution in [1.29, 1.82) is 5.41 Å². The highest BCUT2D eigenvalue weighted by Gasteiger charge is 2.29. The maximum absolute atomic E-state index is 11.8. The minimum absolute atomic E-state index is 0.0913. The molecule has 0 atom stereocenters. The van der Waals surface area contributed by atoms with Crippen molar-refractivity contribution in [2.24, 2.45) is 0 Å². The number of aliphatic hydroxyl groups is 1. The van der Waals surface area contributed by atoms with Crippen molar-refractivity contribution in [3.8, 4) is 0 Å². The average molecular weight is 377 g/mol. The number of amidine groups is 1. The Hall–Kier alpha value is -2.92. The summed E-state index contributed by atoms with van der Waals surface area (Å²) in [5.74, 6) is -0.256. The number of Topliss-reactive ketones (excluding diaryl/α,β-unsaturated/α-hetero) is 1. The van der Waals surface area contributed by atoms with E-state index in [0.717, 1.165) is 13.1 Å². The number of hydrogen-bond donors (Lipinski definition) is 2. The minimum Gasteiger partial charge on any atom is -0.512 e. The average Bonchev–Trinajstić information content (AvgIpc) is 2.70. The lowest BCUT2D eigenvalue weighted by Gasteiger charge is -2.40. The summed E-state index contributed by atoms with van der Waals surface area (Å²) >= 11 is 0. The number of nitrogens with one attached hydrogen (secondary N) is 1. The molecule has 0 aliphatic carbocycles. The van der Waals surface area contributed by atoms with Crippen molar-refractivity contribution in [2.75, 3.05) is 26.2 Å². The lowest BCUT2D eigenvalue weighted by Crippen LogP contribution is -2.50. The molecule has 0 saturated carbocycles. The van der Waals surface area contributed by atoms with Crippen LogP contribution < -0.4 is 0 Å². The second-order valence-corrected chi connectivity index (χ2v) is 7.11. The van der Waals surface area contributed by atoms with Gasteiger partial charge in [0.05, 0.1) is 11.6 Å². The van der Waals surface area contributed by atoms with Crippen molar-refractivity contribution in [3.05, 3.63) is 83.1 Å². The van der Waals surface area contributed by atoms with Crippen LogP contribution in [0.25, 0.3) is 0 Å². The van der Waals surface area contributed by atoms with E-state index in [-0.39, 0.29) is 29.0 Å². The van der Waals surface area contributed by atoms with Gasteiger partial charge in [-0.25, -0.2) is 0 Å². The third-order valence-corrected chi connectivity index (χ3v) is 5.18. The van der Waals surface area contributed by atoms with E-state index in [1.54, 1.807) is 0 Å². The summed E-state index contributed by atoms with van der Waals surface area (Å²) < 4.78 is 0. The largest absolute Gasteiger partial charge is 0.512 e. The number of allylic oxidation sites excluding steroid dienone is 1. The standard InChI is InChI=1S/C23H27N3O2/c1-17(27)21(18(2)28)23(24)26-15-13-25(14-16-26)22(19-9-5-3-6-10-19)20-11-7-4-8-12-20/h3-12,22,24,27H,13-16H2,1-2H3/b21-17+,24-23?. The first-order valence-corrected chi connectivity index (χ1v) is 9.57.